The molecule has 0 spiro atoms. The van der Waals surface area contributed by atoms with Crippen LogP contribution in [0.4, 0.5) is 0 Å². The fraction of sp³-hybridized carbons (Fsp3) is 0.455. The Hall–Kier alpha value is -0.640. The van der Waals surface area contributed by atoms with E-state index in [1.54, 1.807) is 11.3 Å². The molecule has 2 rings (SSSR count). The maximum Gasteiger partial charge on any atom is 0.0656 e. The van der Waals surface area contributed by atoms with Gasteiger partial charge in [-0.05, 0) is 24.4 Å². The lowest BCUT2D eigenvalue weighted by molar-refractivity contribution is 0.0637. The highest BCUT2D eigenvalue weighted by molar-refractivity contribution is 7.10. The van der Waals surface area contributed by atoms with Gasteiger partial charge in [0.25, 0.3) is 0 Å². The topological polar surface area (TPSA) is 21.3 Å². The summed E-state index contributed by atoms with van der Waals surface area (Å²) in [4.78, 5) is 1.30. The Balaban J connectivity index is 1.90. The molecule has 2 nitrogen and oxygen atoms in total. The Morgan fingerprint density at radius 1 is 1.57 bits per heavy atom. The second-order valence-corrected chi connectivity index (χ2v) is 4.57. The molecular weight excluding hydrogens is 194 g/mol. The van der Waals surface area contributed by atoms with Crippen LogP contribution in [0.3, 0.4) is 0 Å². The van der Waals surface area contributed by atoms with Gasteiger partial charge in [-0.25, -0.2) is 0 Å². The summed E-state index contributed by atoms with van der Waals surface area (Å²) < 4.78 is 5.45. The van der Waals surface area contributed by atoms with Crippen LogP contribution in [0.5, 0.6) is 0 Å². The summed E-state index contributed by atoms with van der Waals surface area (Å²) in [5, 5.41) is 5.56. The molecule has 0 aromatic carbocycles. The van der Waals surface area contributed by atoms with Crippen LogP contribution in [0, 0.1) is 0 Å². The van der Waals surface area contributed by atoms with E-state index in [0.717, 1.165) is 13.2 Å². The van der Waals surface area contributed by atoms with Gasteiger partial charge in [0.2, 0.25) is 0 Å². The van der Waals surface area contributed by atoms with Crippen LogP contribution in [-0.2, 0) is 4.74 Å². The Morgan fingerprint density at radius 3 is 3.21 bits per heavy atom. The zero-order chi connectivity index (χ0) is 9.80. The van der Waals surface area contributed by atoms with E-state index >= 15 is 0 Å². The molecule has 14 heavy (non-hydrogen) atoms. The van der Waals surface area contributed by atoms with Crippen molar-refractivity contribution in [3.63, 3.8) is 0 Å². The fourth-order valence-electron chi connectivity index (χ4n) is 1.54. The molecule has 76 valence electrons. The van der Waals surface area contributed by atoms with Crippen LogP contribution in [0.15, 0.2) is 23.6 Å². The number of morpholine rings is 1. The zero-order valence-electron chi connectivity index (χ0n) is 8.27. The van der Waals surface area contributed by atoms with E-state index in [-0.39, 0.29) is 0 Å². The molecule has 0 radical (unpaired) electrons. The second kappa shape index (κ2) is 4.73. The van der Waals surface area contributed by atoms with Crippen molar-refractivity contribution in [1.29, 1.82) is 0 Å². The number of hydrogen-bond acceptors (Lipinski definition) is 3. The summed E-state index contributed by atoms with van der Waals surface area (Å²) in [5.74, 6) is 0. The summed E-state index contributed by atoms with van der Waals surface area (Å²) in [6.07, 6.45) is 4.34. The van der Waals surface area contributed by atoms with Gasteiger partial charge in [-0.1, -0.05) is 12.1 Å². The maximum absolute atomic E-state index is 5.45. The van der Waals surface area contributed by atoms with E-state index in [9.17, 15) is 0 Å². The van der Waals surface area contributed by atoms with Gasteiger partial charge < -0.3 is 10.1 Å². The minimum absolute atomic E-state index is 0.362. The lowest BCUT2D eigenvalue weighted by Crippen LogP contribution is -2.46. The molecule has 0 amide bonds. The first-order valence-corrected chi connectivity index (χ1v) is 5.78. The highest BCUT2D eigenvalue weighted by Crippen LogP contribution is 2.11. The molecule has 1 N–H and O–H groups in total. The van der Waals surface area contributed by atoms with Crippen molar-refractivity contribution in [2.45, 2.75) is 19.0 Å². The first kappa shape index (κ1) is 9.90. The van der Waals surface area contributed by atoms with E-state index in [1.807, 2.05) is 0 Å². The third-order valence-electron chi connectivity index (χ3n) is 2.20. The molecule has 0 saturated carbocycles. The Labute approximate surface area is 88.6 Å². The van der Waals surface area contributed by atoms with Crippen molar-refractivity contribution >= 4 is 17.4 Å². The van der Waals surface area contributed by atoms with Crippen LogP contribution >= 0.6 is 11.3 Å². The number of ether oxygens (including phenoxy) is 1. The number of hydrogen-bond donors (Lipinski definition) is 1. The predicted molar refractivity (Wildman–Crippen MR) is 60.6 cm³/mol. The van der Waals surface area contributed by atoms with E-state index in [1.165, 1.54) is 4.88 Å². The van der Waals surface area contributed by atoms with Crippen LogP contribution in [0.2, 0.25) is 0 Å². The monoisotopic (exact) mass is 209 g/mol. The third kappa shape index (κ3) is 2.67. The quantitative estimate of drug-likeness (QED) is 0.805. The van der Waals surface area contributed by atoms with E-state index in [2.05, 4.69) is 41.9 Å². The van der Waals surface area contributed by atoms with Crippen LogP contribution in [0.25, 0.3) is 6.08 Å². The first-order chi connectivity index (χ1) is 6.84. The Morgan fingerprint density at radius 2 is 2.50 bits per heavy atom. The van der Waals surface area contributed by atoms with E-state index < -0.39 is 0 Å². The van der Waals surface area contributed by atoms with Crippen molar-refractivity contribution in [2.24, 2.45) is 0 Å². The summed E-state index contributed by atoms with van der Waals surface area (Å²) in [5.41, 5.74) is 0. The van der Waals surface area contributed by atoms with Gasteiger partial charge in [0, 0.05) is 17.0 Å². The van der Waals surface area contributed by atoms with Crippen molar-refractivity contribution in [2.75, 3.05) is 13.2 Å². The Bertz CT molecular complexity index is 294. The van der Waals surface area contributed by atoms with Gasteiger partial charge in [0.1, 0.15) is 0 Å². The molecule has 1 aromatic heterocycles. The molecule has 3 heteroatoms. The van der Waals surface area contributed by atoms with Gasteiger partial charge in [0.05, 0.1) is 13.2 Å². The summed E-state index contributed by atoms with van der Waals surface area (Å²) >= 11 is 1.76. The zero-order valence-corrected chi connectivity index (χ0v) is 9.09. The summed E-state index contributed by atoms with van der Waals surface area (Å²) in [7, 11) is 0. The van der Waals surface area contributed by atoms with Crippen LogP contribution in [-0.4, -0.2) is 25.3 Å². The van der Waals surface area contributed by atoms with Crippen molar-refractivity contribution < 1.29 is 4.74 Å². The molecule has 2 atom stereocenters. The number of nitrogens with one attached hydrogen (secondary N) is 1. The van der Waals surface area contributed by atoms with Crippen molar-refractivity contribution in [3.05, 3.63) is 28.5 Å². The second-order valence-electron chi connectivity index (χ2n) is 3.59. The minimum atomic E-state index is 0.362. The third-order valence-corrected chi connectivity index (χ3v) is 3.04. The smallest absolute Gasteiger partial charge is 0.0656 e. The molecule has 1 saturated heterocycles. The largest absolute Gasteiger partial charge is 0.378 e. The molecule has 2 unspecified atom stereocenters. The normalized spacial score (nSPS) is 28.4. The Kier molecular flexibility index (Phi) is 3.35. The lowest BCUT2D eigenvalue weighted by atomic mass is 10.2. The van der Waals surface area contributed by atoms with Gasteiger partial charge >= 0.3 is 0 Å². The fourth-order valence-corrected chi connectivity index (χ4v) is 2.17. The predicted octanol–water partition coefficient (Wildman–Crippen LogP) is 2.14. The van der Waals surface area contributed by atoms with Crippen LogP contribution in [0.1, 0.15) is 11.8 Å². The standard InChI is InChI=1S/C11H15NOS/c1-9-7-13-8-10(12-9)4-5-11-3-2-6-14-11/h2-6,9-10,12H,7-8H2,1H3/b5-4+. The average molecular weight is 209 g/mol. The number of rotatable bonds is 2. The molecule has 0 aliphatic carbocycles. The highest BCUT2D eigenvalue weighted by Gasteiger charge is 2.15. The number of thiophene rings is 1. The summed E-state index contributed by atoms with van der Waals surface area (Å²) in [6.45, 7) is 3.75. The minimum Gasteiger partial charge on any atom is -0.378 e. The van der Waals surface area contributed by atoms with Gasteiger partial charge in [-0.15, -0.1) is 11.3 Å². The molecular formula is C11H15NOS. The lowest BCUT2D eigenvalue weighted by Gasteiger charge is -2.26. The van der Waals surface area contributed by atoms with Gasteiger partial charge in [-0.3, -0.25) is 0 Å². The highest BCUT2D eigenvalue weighted by atomic mass is 32.1. The molecule has 1 aromatic rings. The van der Waals surface area contributed by atoms with E-state index in [0.29, 0.717) is 12.1 Å². The molecule has 1 fully saturated rings. The van der Waals surface area contributed by atoms with Crippen molar-refractivity contribution in [3.8, 4) is 0 Å². The van der Waals surface area contributed by atoms with Gasteiger partial charge in [-0.2, -0.15) is 0 Å². The molecule has 0 bridgehead atoms. The van der Waals surface area contributed by atoms with E-state index in [4.69, 9.17) is 4.74 Å². The first-order valence-electron chi connectivity index (χ1n) is 4.90. The SMILES string of the molecule is CC1COCC(/C=C/c2cccs2)N1. The van der Waals surface area contributed by atoms with Gasteiger partial charge in [0.15, 0.2) is 0 Å². The average Bonchev–Trinajstić information content (AvgIpc) is 2.67. The molecule has 1 aliphatic heterocycles. The maximum atomic E-state index is 5.45. The molecule has 2 heterocycles. The van der Waals surface area contributed by atoms with Crippen LogP contribution < -0.4 is 5.32 Å². The summed E-state index contributed by atoms with van der Waals surface area (Å²) in [6, 6.07) is 5.01. The molecule has 1 aliphatic rings. The van der Waals surface area contributed by atoms with Crippen molar-refractivity contribution in [1.82, 2.24) is 5.32 Å².